The molecule has 0 fully saturated rings. The van der Waals surface area contributed by atoms with Crippen LogP contribution in [0.25, 0.3) is 10.9 Å². The number of halogens is 1. The van der Waals surface area contributed by atoms with Crippen molar-refractivity contribution in [3.63, 3.8) is 0 Å². The maximum Gasteiger partial charge on any atom is 0.103 e. The minimum atomic E-state index is 0.147. The molecule has 1 aromatic heterocycles. The molecule has 2 aromatic rings. The van der Waals surface area contributed by atoms with Gasteiger partial charge in [0.1, 0.15) is 6.07 Å². The summed E-state index contributed by atoms with van der Waals surface area (Å²) in [4.78, 5) is 4.35. The number of nitrogens with one attached hydrogen (secondary N) is 1. The fourth-order valence-electron chi connectivity index (χ4n) is 1.82. The Morgan fingerprint density at radius 1 is 1.37 bits per heavy atom. The summed E-state index contributed by atoms with van der Waals surface area (Å²) in [5, 5.41) is 13.6. The number of aromatic nitrogens is 1. The van der Waals surface area contributed by atoms with Gasteiger partial charge in [-0.3, -0.25) is 4.98 Å². The molecule has 0 aliphatic heterocycles. The fraction of sp³-hybridized carbons (Fsp3) is 0.333. The molecule has 0 amide bonds. The third kappa shape index (κ3) is 3.05. The topological polar surface area (TPSA) is 48.7 Å². The molecule has 1 aromatic carbocycles. The first-order chi connectivity index (χ1) is 8.92. The van der Waals surface area contributed by atoms with Gasteiger partial charge in [0.2, 0.25) is 0 Å². The highest BCUT2D eigenvalue weighted by Gasteiger charge is 2.14. The van der Waals surface area contributed by atoms with E-state index in [1.54, 1.807) is 6.20 Å². The number of nitriles is 1. The summed E-state index contributed by atoms with van der Waals surface area (Å²) in [5.74, 6) is 0. The number of hydrogen-bond acceptors (Lipinski definition) is 3. The standard InChI is InChI=1S/C15H16BrN3/c1-15(2,3)9-19-13-10(7-17)8-18-14-11(13)5-4-6-12(14)16/h4-6,8H,9H2,1-3H3,(H,18,19). The van der Waals surface area contributed by atoms with Gasteiger partial charge >= 0.3 is 0 Å². The van der Waals surface area contributed by atoms with E-state index in [-0.39, 0.29) is 5.41 Å². The van der Waals surface area contributed by atoms with Crippen LogP contribution in [-0.2, 0) is 0 Å². The van der Waals surface area contributed by atoms with Crippen LogP contribution >= 0.6 is 15.9 Å². The van der Waals surface area contributed by atoms with Gasteiger partial charge in [-0.25, -0.2) is 0 Å². The lowest BCUT2D eigenvalue weighted by Gasteiger charge is -2.21. The lowest BCUT2D eigenvalue weighted by atomic mass is 9.96. The molecule has 4 heteroatoms. The molecule has 19 heavy (non-hydrogen) atoms. The summed E-state index contributed by atoms with van der Waals surface area (Å²) in [6.45, 7) is 7.27. The summed E-state index contributed by atoms with van der Waals surface area (Å²) in [6, 6.07) is 8.10. The van der Waals surface area contributed by atoms with E-state index < -0.39 is 0 Å². The van der Waals surface area contributed by atoms with Crippen molar-refractivity contribution in [1.82, 2.24) is 4.98 Å². The van der Waals surface area contributed by atoms with Crippen LogP contribution in [-0.4, -0.2) is 11.5 Å². The Hall–Kier alpha value is -1.60. The van der Waals surface area contributed by atoms with E-state index in [4.69, 9.17) is 0 Å². The van der Waals surface area contributed by atoms with Gasteiger partial charge in [-0.1, -0.05) is 32.9 Å². The van der Waals surface area contributed by atoms with Gasteiger partial charge in [0.05, 0.1) is 16.8 Å². The number of benzene rings is 1. The first-order valence-electron chi connectivity index (χ1n) is 6.13. The zero-order valence-electron chi connectivity index (χ0n) is 11.3. The molecule has 0 spiro atoms. The van der Waals surface area contributed by atoms with E-state index >= 15 is 0 Å². The molecule has 2 rings (SSSR count). The van der Waals surface area contributed by atoms with Gasteiger partial charge in [-0.05, 0) is 27.4 Å². The highest BCUT2D eigenvalue weighted by atomic mass is 79.9. The van der Waals surface area contributed by atoms with Crippen molar-refractivity contribution < 1.29 is 0 Å². The summed E-state index contributed by atoms with van der Waals surface area (Å²) in [7, 11) is 0. The summed E-state index contributed by atoms with van der Waals surface area (Å²) in [5.41, 5.74) is 2.46. The quantitative estimate of drug-likeness (QED) is 0.897. The number of rotatable bonds is 2. The first kappa shape index (κ1) is 13.8. The Bertz CT molecular complexity index is 651. The molecule has 1 heterocycles. The molecule has 0 atom stereocenters. The second kappa shape index (κ2) is 5.18. The zero-order valence-corrected chi connectivity index (χ0v) is 12.9. The number of para-hydroxylation sites is 1. The summed E-state index contributed by atoms with van der Waals surface area (Å²) >= 11 is 3.49. The third-order valence-corrected chi connectivity index (χ3v) is 3.40. The van der Waals surface area contributed by atoms with Crippen molar-refractivity contribution in [3.05, 3.63) is 34.4 Å². The molecule has 0 aliphatic carbocycles. The molecule has 0 radical (unpaired) electrons. The number of pyridine rings is 1. The molecule has 0 unspecified atom stereocenters. The van der Waals surface area contributed by atoms with E-state index in [0.717, 1.165) is 27.6 Å². The van der Waals surface area contributed by atoms with Crippen LogP contribution in [0.1, 0.15) is 26.3 Å². The van der Waals surface area contributed by atoms with E-state index in [2.05, 4.69) is 53.1 Å². The molecule has 98 valence electrons. The van der Waals surface area contributed by atoms with Crippen LogP contribution in [0.2, 0.25) is 0 Å². The molecule has 0 saturated heterocycles. The maximum absolute atomic E-state index is 9.23. The Morgan fingerprint density at radius 3 is 2.74 bits per heavy atom. The molecular formula is C15H16BrN3. The van der Waals surface area contributed by atoms with Crippen LogP contribution in [0.15, 0.2) is 28.9 Å². The first-order valence-corrected chi connectivity index (χ1v) is 6.93. The Morgan fingerprint density at radius 2 is 2.11 bits per heavy atom. The van der Waals surface area contributed by atoms with Gasteiger partial charge in [0.25, 0.3) is 0 Å². The normalized spacial score (nSPS) is 11.3. The van der Waals surface area contributed by atoms with Crippen molar-refractivity contribution in [2.75, 3.05) is 11.9 Å². The van der Waals surface area contributed by atoms with Crippen molar-refractivity contribution in [2.24, 2.45) is 5.41 Å². The zero-order chi connectivity index (χ0) is 14.0. The molecular weight excluding hydrogens is 302 g/mol. The second-order valence-corrected chi connectivity index (χ2v) is 6.56. The number of anilines is 1. The SMILES string of the molecule is CC(C)(C)CNc1c(C#N)cnc2c(Br)cccc12. The van der Waals surface area contributed by atoms with Crippen molar-refractivity contribution >= 4 is 32.5 Å². The van der Waals surface area contributed by atoms with Crippen molar-refractivity contribution in [1.29, 1.82) is 5.26 Å². The van der Waals surface area contributed by atoms with Gasteiger partial charge in [0, 0.05) is 22.6 Å². The molecule has 0 aliphatic rings. The number of hydrogen-bond donors (Lipinski definition) is 1. The Kier molecular flexibility index (Phi) is 3.77. The van der Waals surface area contributed by atoms with Gasteiger partial charge in [-0.15, -0.1) is 0 Å². The highest BCUT2D eigenvalue weighted by Crippen LogP contribution is 2.30. The summed E-state index contributed by atoms with van der Waals surface area (Å²) in [6.07, 6.45) is 1.62. The average Bonchev–Trinajstić information content (AvgIpc) is 2.35. The van der Waals surface area contributed by atoms with Crippen LogP contribution in [0, 0.1) is 16.7 Å². The summed E-state index contributed by atoms with van der Waals surface area (Å²) < 4.78 is 0.938. The van der Waals surface area contributed by atoms with Crippen LogP contribution in [0.5, 0.6) is 0 Å². The molecule has 1 N–H and O–H groups in total. The number of nitrogens with zero attached hydrogens (tertiary/aromatic N) is 2. The van der Waals surface area contributed by atoms with E-state index in [1.165, 1.54) is 0 Å². The monoisotopic (exact) mass is 317 g/mol. The van der Waals surface area contributed by atoms with E-state index in [9.17, 15) is 5.26 Å². The molecule has 0 saturated carbocycles. The lowest BCUT2D eigenvalue weighted by Crippen LogP contribution is -2.19. The van der Waals surface area contributed by atoms with Gasteiger partial charge in [0.15, 0.2) is 0 Å². The second-order valence-electron chi connectivity index (χ2n) is 5.71. The predicted octanol–water partition coefficient (Wildman–Crippen LogP) is 4.33. The largest absolute Gasteiger partial charge is 0.383 e. The van der Waals surface area contributed by atoms with Crippen LogP contribution in [0.4, 0.5) is 5.69 Å². The van der Waals surface area contributed by atoms with Crippen LogP contribution < -0.4 is 5.32 Å². The highest BCUT2D eigenvalue weighted by molar-refractivity contribution is 9.10. The van der Waals surface area contributed by atoms with E-state index in [0.29, 0.717) is 5.56 Å². The maximum atomic E-state index is 9.23. The van der Waals surface area contributed by atoms with Gasteiger partial charge < -0.3 is 5.32 Å². The number of fused-ring (bicyclic) bond motifs is 1. The lowest BCUT2D eigenvalue weighted by molar-refractivity contribution is 0.443. The molecule has 0 bridgehead atoms. The predicted molar refractivity (Wildman–Crippen MR) is 82.1 cm³/mol. The minimum absolute atomic E-state index is 0.147. The minimum Gasteiger partial charge on any atom is -0.383 e. The molecule has 3 nitrogen and oxygen atoms in total. The smallest absolute Gasteiger partial charge is 0.103 e. The Labute approximate surface area is 121 Å². The fourth-order valence-corrected chi connectivity index (χ4v) is 2.28. The Balaban J connectivity index is 2.56. The average molecular weight is 318 g/mol. The van der Waals surface area contributed by atoms with Gasteiger partial charge in [-0.2, -0.15) is 5.26 Å². The third-order valence-electron chi connectivity index (χ3n) is 2.76. The van der Waals surface area contributed by atoms with Crippen molar-refractivity contribution in [3.8, 4) is 6.07 Å². The van der Waals surface area contributed by atoms with E-state index in [1.807, 2.05) is 18.2 Å². The van der Waals surface area contributed by atoms with Crippen LogP contribution in [0.3, 0.4) is 0 Å². The van der Waals surface area contributed by atoms with Crippen molar-refractivity contribution in [2.45, 2.75) is 20.8 Å².